The average molecular weight is 416 g/mol. The fraction of sp³-hybridized carbons (Fsp3) is 0.680. The van der Waals surface area contributed by atoms with E-state index >= 15 is 0 Å². The van der Waals surface area contributed by atoms with Crippen LogP contribution < -0.4 is 0 Å². The minimum Gasteiger partial charge on any atom is -0.447 e. The van der Waals surface area contributed by atoms with Crippen LogP contribution in [0.25, 0.3) is 0 Å². The molecule has 1 aromatic rings. The number of nitrogens with zero attached hydrogens (tertiary/aromatic N) is 1. The Morgan fingerprint density at radius 2 is 1.93 bits per heavy atom. The first kappa shape index (κ1) is 22.8. The van der Waals surface area contributed by atoms with Crippen LogP contribution in [-0.4, -0.2) is 40.3 Å². The predicted molar refractivity (Wildman–Crippen MR) is 117 cm³/mol. The Morgan fingerprint density at radius 1 is 1.27 bits per heavy atom. The molecule has 1 N–H and O–H groups in total. The van der Waals surface area contributed by atoms with Gasteiger partial charge >= 0.3 is 6.09 Å². The molecule has 0 spiro atoms. The Morgan fingerprint density at radius 3 is 2.53 bits per heavy atom. The molecule has 1 heterocycles. The van der Waals surface area contributed by atoms with E-state index in [1.54, 1.807) is 6.92 Å². The lowest BCUT2D eigenvalue weighted by molar-refractivity contribution is -0.153. The molecule has 166 valence electrons. The SMILES string of the molecule is CCCC[C@@H]1C[C@H](c2ccccc2)C[C@@](C)(O)[C@H]1C(=O)N1C(=O)OC[C@@H]1C(C)(C)C. The summed E-state index contributed by atoms with van der Waals surface area (Å²) in [5, 5.41) is 11.5. The minimum atomic E-state index is -1.18. The van der Waals surface area contributed by atoms with E-state index in [4.69, 9.17) is 4.74 Å². The number of carbonyl (C=O) groups is 2. The quantitative estimate of drug-likeness (QED) is 0.724. The first-order valence-electron chi connectivity index (χ1n) is 11.3. The summed E-state index contributed by atoms with van der Waals surface area (Å²) in [6.07, 6.45) is 3.69. The molecule has 1 aliphatic carbocycles. The van der Waals surface area contributed by atoms with Crippen LogP contribution in [0, 0.1) is 17.3 Å². The highest BCUT2D eigenvalue weighted by atomic mass is 16.6. The van der Waals surface area contributed by atoms with Crippen molar-refractivity contribution in [3.8, 4) is 0 Å². The second kappa shape index (κ2) is 8.70. The lowest BCUT2D eigenvalue weighted by atomic mass is 9.62. The zero-order valence-corrected chi connectivity index (χ0v) is 19.1. The van der Waals surface area contributed by atoms with Gasteiger partial charge in [0, 0.05) is 0 Å². The number of benzene rings is 1. The Bertz CT molecular complexity index is 752. The van der Waals surface area contributed by atoms with Gasteiger partial charge in [0.25, 0.3) is 0 Å². The molecule has 0 radical (unpaired) electrons. The van der Waals surface area contributed by atoms with Crippen LogP contribution in [0.4, 0.5) is 4.79 Å². The third-order valence-corrected chi connectivity index (χ3v) is 6.96. The smallest absolute Gasteiger partial charge is 0.417 e. The maximum absolute atomic E-state index is 13.8. The monoisotopic (exact) mass is 415 g/mol. The summed E-state index contributed by atoms with van der Waals surface area (Å²) in [5.74, 6) is -0.633. The first-order valence-corrected chi connectivity index (χ1v) is 11.3. The molecule has 1 aromatic carbocycles. The summed E-state index contributed by atoms with van der Waals surface area (Å²) in [6, 6.07) is 9.94. The number of carbonyl (C=O) groups excluding carboxylic acids is 2. The van der Waals surface area contributed by atoms with Crippen molar-refractivity contribution in [2.75, 3.05) is 6.61 Å². The largest absolute Gasteiger partial charge is 0.447 e. The number of hydrogen-bond donors (Lipinski definition) is 1. The van der Waals surface area contributed by atoms with Gasteiger partial charge in [0.1, 0.15) is 6.61 Å². The van der Waals surface area contributed by atoms with Gasteiger partial charge in [0.2, 0.25) is 5.91 Å². The number of cyclic esters (lactones) is 1. The maximum atomic E-state index is 13.8. The van der Waals surface area contributed by atoms with Crippen molar-refractivity contribution in [2.45, 2.75) is 84.3 Å². The number of hydrogen-bond acceptors (Lipinski definition) is 4. The lowest BCUT2D eigenvalue weighted by Crippen LogP contribution is -2.57. The second-order valence-corrected chi connectivity index (χ2v) is 10.5. The Kier molecular flexibility index (Phi) is 6.61. The van der Waals surface area contributed by atoms with E-state index in [1.165, 1.54) is 10.5 Å². The van der Waals surface area contributed by atoms with E-state index < -0.39 is 17.6 Å². The van der Waals surface area contributed by atoms with Gasteiger partial charge in [-0.05, 0) is 49.0 Å². The van der Waals surface area contributed by atoms with Gasteiger partial charge in [0.15, 0.2) is 0 Å². The Labute approximate surface area is 180 Å². The van der Waals surface area contributed by atoms with E-state index in [9.17, 15) is 14.7 Å². The normalized spacial score (nSPS) is 32.2. The van der Waals surface area contributed by atoms with Gasteiger partial charge in [-0.25, -0.2) is 9.69 Å². The van der Waals surface area contributed by atoms with Gasteiger partial charge in [-0.2, -0.15) is 0 Å². The van der Waals surface area contributed by atoms with Gasteiger partial charge in [-0.3, -0.25) is 4.79 Å². The maximum Gasteiger partial charge on any atom is 0.417 e. The lowest BCUT2D eigenvalue weighted by Gasteiger charge is -2.47. The van der Waals surface area contributed by atoms with Crippen molar-refractivity contribution in [3.63, 3.8) is 0 Å². The molecule has 1 saturated carbocycles. The molecule has 1 saturated heterocycles. The third kappa shape index (κ3) is 4.56. The topological polar surface area (TPSA) is 66.8 Å². The average Bonchev–Trinajstić information content (AvgIpc) is 3.07. The van der Waals surface area contributed by atoms with Crippen LogP contribution >= 0.6 is 0 Å². The number of imide groups is 1. The van der Waals surface area contributed by atoms with Gasteiger partial charge in [0.05, 0.1) is 17.6 Å². The van der Waals surface area contributed by atoms with Crippen LogP contribution in [-0.2, 0) is 9.53 Å². The van der Waals surface area contributed by atoms with Crippen molar-refractivity contribution in [3.05, 3.63) is 35.9 Å². The molecule has 30 heavy (non-hydrogen) atoms. The molecule has 0 aromatic heterocycles. The standard InChI is InChI=1S/C25H37NO4/c1-6-7-11-18-14-19(17-12-9-8-10-13-17)15-25(5,29)21(18)22(27)26-20(24(2,3)4)16-30-23(26)28/h8-10,12-13,18-21,29H,6-7,11,14-16H2,1-5H3/t18-,19+,20-,21-,25-/m1/s1. The molecule has 5 nitrogen and oxygen atoms in total. The molecule has 2 amide bonds. The zero-order valence-electron chi connectivity index (χ0n) is 19.1. The van der Waals surface area contributed by atoms with Gasteiger partial charge in [-0.15, -0.1) is 0 Å². The van der Waals surface area contributed by atoms with E-state index in [-0.39, 0.29) is 35.8 Å². The molecule has 0 bridgehead atoms. The first-order chi connectivity index (χ1) is 14.1. The van der Waals surface area contributed by atoms with Crippen LogP contribution in [0.2, 0.25) is 0 Å². The molecular formula is C25H37NO4. The third-order valence-electron chi connectivity index (χ3n) is 6.96. The number of amides is 2. The Balaban J connectivity index is 1.92. The van der Waals surface area contributed by atoms with E-state index in [1.807, 2.05) is 39.0 Å². The summed E-state index contributed by atoms with van der Waals surface area (Å²) in [7, 11) is 0. The number of unbranched alkanes of at least 4 members (excludes halogenated alkanes) is 1. The predicted octanol–water partition coefficient (Wildman–Crippen LogP) is 5.13. The van der Waals surface area contributed by atoms with E-state index in [0.717, 1.165) is 25.7 Å². The van der Waals surface area contributed by atoms with Crippen molar-refractivity contribution in [1.82, 2.24) is 4.90 Å². The Hall–Kier alpha value is -1.88. The summed E-state index contributed by atoms with van der Waals surface area (Å²) < 4.78 is 5.28. The molecule has 5 atom stereocenters. The molecule has 5 heteroatoms. The van der Waals surface area contributed by atoms with Crippen LogP contribution in [0.3, 0.4) is 0 Å². The minimum absolute atomic E-state index is 0.0282. The summed E-state index contributed by atoms with van der Waals surface area (Å²) >= 11 is 0. The highest BCUT2D eigenvalue weighted by Gasteiger charge is 2.54. The van der Waals surface area contributed by atoms with Crippen LogP contribution in [0.1, 0.15) is 78.2 Å². The molecule has 0 unspecified atom stereocenters. The molecule has 2 aliphatic rings. The van der Waals surface area contributed by atoms with Crippen molar-refractivity contribution < 1.29 is 19.4 Å². The fourth-order valence-electron chi connectivity index (χ4n) is 5.37. The summed E-state index contributed by atoms with van der Waals surface area (Å²) in [4.78, 5) is 27.6. The fourth-order valence-corrected chi connectivity index (χ4v) is 5.37. The number of rotatable bonds is 5. The van der Waals surface area contributed by atoms with Gasteiger partial charge in [-0.1, -0.05) is 70.9 Å². The van der Waals surface area contributed by atoms with E-state index in [2.05, 4.69) is 19.1 Å². The van der Waals surface area contributed by atoms with E-state index in [0.29, 0.717) is 6.42 Å². The molecule has 1 aliphatic heterocycles. The summed E-state index contributed by atoms with van der Waals surface area (Å²) in [5.41, 5.74) is -0.258. The molecular weight excluding hydrogens is 378 g/mol. The highest BCUT2D eigenvalue weighted by Crippen LogP contribution is 2.48. The molecule has 2 fully saturated rings. The highest BCUT2D eigenvalue weighted by molar-refractivity contribution is 5.95. The number of aliphatic hydroxyl groups is 1. The van der Waals surface area contributed by atoms with Crippen molar-refractivity contribution in [2.24, 2.45) is 17.3 Å². The zero-order chi connectivity index (χ0) is 22.1. The van der Waals surface area contributed by atoms with Crippen LogP contribution in [0.15, 0.2) is 30.3 Å². The summed E-state index contributed by atoms with van der Waals surface area (Å²) in [6.45, 7) is 10.2. The molecule has 3 rings (SSSR count). The second-order valence-electron chi connectivity index (χ2n) is 10.5. The number of ether oxygens (including phenoxy) is 1. The van der Waals surface area contributed by atoms with Crippen molar-refractivity contribution in [1.29, 1.82) is 0 Å². The van der Waals surface area contributed by atoms with Crippen molar-refractivity contribution >= 4 is 12.0 Å². The van der Waals surface area contributed by atoms with Gasteiger partial charge < -0.3 is 9.84 Å². The van der Waals surface area contributed by atoms with Crippen LogP contribution in [0.5, 0.6) is 0 Å².